The van der Waals surface area contributed by atoms with Gasteiger partial charge in [0.15, 0.2) is 0 Å². The minimum Gasteiger partial charge on any atom is -0.494 e. The van der Waals surface area contributed by atoms with Crippen molar-refractivity contribution < 1.29 is 19.1 Å². The fraction of sp³-hybridized carbons (Fsp3) is 0.231. The molecule has 6 heteroatoms. The van der Waals surface area contributed by atoms with Crippen molar-refractivity contribution in [3.8, 4) is 5.75 Å². The molecule has 1 N–H and O–H groups in total. The van der Waals surface area contributed by atoms with Crippen molar-refractivity contribution in [2.45, 2.75) is 32.8 Å². The summed E-state index contributed by atoms with van der Waals surface area (Å²) in [7, 11) is 0. The lowest BCUT2D eigenvalue weighted by molar-refractivity contribution is -0.125. The first-order valence-corrected chi connectivity index (χ1v) is 10.9. The van der Waals surface area contributed by atoms with Crippen molar-refractivity contribution >= 4 is 29.2 Å². The molecular weight excluding hydrogens is 426 g/mol. The predicted molar refractivity (Wildman–Crippen MR) is 126 cm³/mol. The highest BCUT2D eigenvalue weighted by Gasteiger charge is 2.26. The van der Waals surface area contributed by atoms with E-state index in [9.17, 15) is 9.59 Å². The molecule has 0 aliphatic heterocycles. The molecule has 3 rings (SSSR count). The highest BCUT2D eigenvalue weighted by molar-refractivity contribution is 6.31. The van der Waals surface area contributed by atoms with Crippen LogP contribution in [0.3, 0.4) is 0 Å². The molecule has 0 saturated carbocycles. The van der Waals surface area contributed by atoms with Crippen LogP contribution in [0.25, 0.3) is 0 Å². The van der Waals surface area contributed by atoms with Crippen LogP contribution in [0.2, 0.25) is 5.02 Å². The van der Waals surface area contributed by atoms with Gasteiger partial charge in [-0.15, -0.1) is 0 Å². The van der Waals surface area contributed by atoms with E-state index in [1.165, 1.54) is 0 Å². The lowest BCUT2D eigenvalue weighted by atomic mass is 10.1. The lowest BCUT2D eigenvalue weighted by Gasteiger charge is -2.18. The molecule has 0 aromatic heterocycles. The Labute approximate surface area is 193 Å². The maximum absolute atomic E-state index is 13.0. The molecule has 0 bridgehead atoms. The average Bonchev–Trinajstić information content (AvgIpc) is 2.81. The third-order valence-corrected chi connectivity index (χ3v) is 5.27. The van der Waals surface area contributed by atoms with Crippen LogP contribution in [0.4, 0.5) is 5.69 Å². The van der Waals surface area contributed by atoms with Gasteiger partial charge in [-0.1, -0.05) is 61.3 Å². The Hall–Kier alpha value is -3.31. The molecule has 0 aliphatic rings. The van der Waals surface area contributed by atoms with Gasteiger partial charge >= 0.3 is 5.97 Å². The van der Waals surface area contributed by atoms with E-state index in [0.29, 0.717) is 34.2 Å². The number of amides is 1. The fourth-order valence-corrected chi connectivity index (χ4v) is 3.16. The van der Waals surface area contributed by atoms with Crippen LogP contribution in [0.5, 0.6) is 5.75 Å². The van der Waals surface area contributed by atoms with Crippen LogP contribution >= 0.6 is 11.6 Å². The number of hydrogen-bond acceptors (Lipinski definition) is 4. The molecule has 5 nitrogen and oxygen atoms in total. The summed E-state index contributed by atoms with van der Waals surface area (Å²) in [5.74, 6) is -0.386. The number of halogens is 1. The van der Waals surface area contributed by atoms with Gasteiger partial charge in [0.1, 0.15) is 5.75 Å². The first-order chi connectivity index (χ1) is 15.5. The molecule has 0 saturated heterocycles. The number of rotatable bonds is 9. The standard InChI is InChI=1S/C26H26ClNO4/c1-3-4-16-31-22-14-11-20(12-15-22)26(30)32-24(19-8-6-5-7-9-19)25(29)28-21-13-10-18(2)23(27)17-21/h5-15,17,24H,3-4,16H2,1-2H3,(H,28,29)/t24-/m0/s1. The summed E-state index contributed by atoms with van der Waals surface area (Å²) >= 11 is 6.16. The van der Waals surface area contributed by atoms with Crippen molar-refractivity contribution in [2.24, 2.45) is 0 Å². The molecule has 0 fully saturated rings. The van der Waals surface area contributed by atoms with E-state index >= 15 is 0 Å². The summed E-state index contributed by atoms with van der Waals surface area (Å²) in [4.78, 5) is 25.8. The third kappa shape index (κ3) is 6.34. The number of unbranched alkanes of at least 4 members (excludes halogenated alkanes) is 1. The molecule has 0 aliphatic carbocycles. The topological polar surface area (TPSA) is 64.6 Å². The zero-order chi connectivity index (χ0) is 22.9. The first-order valence-electron chi connectivity index (χ1n) is 10.5. The maximum Gasteiger partial charge on any atom is 0.339 e. The third-order valence-electron chi connectivity index (χ3n) is 4.86. The Morgan fingerprint density at radius 2 is 1.72 bits per heavy atom. The van der Waals surface area contributed by atoms with Crippen molar-refractivity contribution in [2.75, 3.05) is 11.9 Å². The van der Waals surface area contributed by atoms with Gasteiger partial charge in [-0.2, -0.15) is 0 Å². The highest BCUT2D eigenvalue weighted by atomic mass is 35.5. The maximum atomic E-state index is 13.0. The first kappa shape index (κ1) is 23.4. The van der Waals surface area contributed by atoms with Crippen molar-refractivity contribution in [1.82, 2.24) is 0 Å². The van der Waals surface area contributed by atoms with Gasteiger partial charge in [-0.05, 0) is 55.3 Å². The van der Waals surface area contributed by atoms with Gasteiger partial charge in [-0.25, -0.2) is 4.79 Å². The van der Waals surface area contributed by atoms with E-state index in [4.69, 9.17) is 21.1 Å². The molecule has 32 heavy (non-hydrogen) atoms. The Balaban J connectivity index is 1.75. The molecule has 3 aromatic rings. The van der Waals surface area contributed by atoms with E-state index in [2.05, 4.69) is 12.2 Å². The van der Waals surface area contributed by atoms with Gasteiger partial charge in [0.25, 0.3) is 5.91 Å². The smallest absolute Gasteiger partial charge is 0.339 e. The van der Waals surface area contributed by atoms with Crippen molar-refractivity contribution in [1.29, 1.82) is 0 Å². The quantitative estimate of drug-likeness (QED) is 0.303. The number of ether oxygens (including phenoxy) is 2. The summed E-state index contributed by atoms with van der Waals surface area (Å²) in [5, 5.41) is 3.32. The molecule has 3 aromatic carbocycles. The molecule has 166 valence electrons. The van der Waals surface area contributed by atoms with Gasteiger partial charge < -0.3 is 14.8 Å². The average molecular weight is 452 g/mol. The number of hydrogen-bond donors (Lipinski definition) is 1. The monoisotopic (exact) mass is 451 g/mol. The van der Waals surface area contributed by atoms with Crippen molar-refractivity contribution in [3.05, 3.63) is 94.5 Å². The summed E-state index contributed by atoms with van der Waals surface area (Å²) in [6, 6.07) is 20.8. The summed E-state index contributed by atoms with van der Waals surface area (Å²) in [5.41, 5.74) is 2.32. The Morgan fingerprint density at radius 1 is 1.00 bits per heavy atom. The summed E-state index contributed by atoms with van der Waals surface area (Å²) in [6.45, 7) is 4.59. The molecule has 0 spiro atoms. The van der Waals surface area contributed by atoms with Crippen molar-refractivity contribution in [3.63, 3.8) is 0 Å². The van der Waals surface area contributed by atoms with E-state index < -0.39 is 18.0 Å². The van der Waals surface area contributed by atoms with E-state index in [1.807, 2.05) is 19.1 Å². The number of nitrogens with one attached hydrogen (secondary N) is 1. The fourth-order valence-electron chi connectivity index (χ4n) is 2.98. The number of carbonyl (C=O) groups is 2. The van der Waals surface area contributed by atoms with Crippen LogP contribution in [-0.2, 0) is 9.53 Å². The molecular formula is C26H26ClNO4. The molecule has 0 heterocycles. The van der Waals surface area contributed by atoms with Crippen LogP contribution in [-0.4, -0.2) is 18.5 Å². The Kier molecular flexibility index (Phi) is 8.28. The molecule has 1 atom stereocenters. The van der Waals surface area contributed by atoms with Gasteiger partial charge in [0, 0.05) is 16.3 Å². The van der Waals surface area contributed by atoms with Crippen LogP contribution in [0.1, 0.15) is 47.4 Å². The van der Waals surface area contributed by atoms with E-state index in [-0.39, 0.29) is 0 Å². The minimum absolute atomic E-state index is 0.333. The van der Waals surface area contributed by atoms with Crippen LogP contribution in [0, 0.1) is 6.92 Å². The second-order valence-corrected chi connectivity index (χ2v) is 7.78. The Morgan fingerprint density at radius 3 is 2.38 bits per heavy atom. The number of benzene rings is 3. The molecule has 0 unspecified atom stereocenters. The highest BCUT2D eigenvalue weighted by Crippen LogP contribution is 2.25. The van der Waals surface area contributed by atoms with E-state index in [0.717, 1.165) is 18.4 Å². The summed E-state index contributed by atoms with van der Waals surface area (Å²) < 4.78 is 11.3. The number of esters is 1. The van der Waals surface area contributed by atoms with Crippen LogP contribution < -0.4 is 10.1 Å². The Bertz CT molecular complexity index is 1050. The second-order valence-electron chi connectivity index (χ2n) is 7.38. The molecule has 1 amide bonds. The zero-order valence-corrected chi connectivity index (χ0v) is 18.9. The predicted octanol–water partition coefficient (Wildman–Crippen LogP) is 6.36. The van der Waals surface area contributed by atoms with Gasteiger partial charge in [-0.3, -0.25) is 4.79 Å². The molecule has 0 radical (unpaired) electrons. The lowest BCUT2D eigenvalue weighted by Crippen LogP contribution is -2.26. The van der Waals surface area contributed by atoms with Gasteiger partial charge in [0.05, 0.1) is 12.2 Å². The number of carbonyl (C=O) groups excluding carboxylic acids is 2. The van der Waals surface area contributed by atoms with Crippen LogP contribution in [0.15, 0.2) is 72.8 Å². The summed E-state index contributed by atoms with van der Waals surface area (Å²) in [6.07, 6.45) is 0.885. The zero-order valence-electron chi connectivity index (χ0n) is 18.1. The minimum atomic E-state index is -1.12. The SMILES string of the molecule is CCCCOc1ccc(C(=O)O[C@H](C(=O)Nc2ccc(C)c(Cl)c2)c2ccccc2)cc1. The largest absolute Gasteiger partial charge is 0.494 e. The normalized spacial score (nSPS) is 11.5. The number of aryl methyl sites for hydroxylation is 1. The van der Waals surface area contributed by atoms with Gasteiger partial charge in [0.2, 0.25) is 6.10 Å². The van der Waals surface area contributed by atoms with E-state index in [1.54, 1.807) is 60.7 Å². The number of anilines is 1. The second kappa shape index (κ2) is 11.3.